The van der Waals surface area contributed by atoms with Crippen molar-refractivity contribution in [2.75, 3.05) is 0 Å². The molecule has 0 amide bonds. The first-order valence-corrected chi connectivity index (χ1v) is 5.36. The molecule has 0 aromatic heterocycles. The zero-order valence-corrected chi connectivity index (χ0v) is 8.51. The minimum absolute atomic E-state index is 0.642. The lowest BCUT2D eigenvalue weighted by Crippen LogP contribution is -1.84. The first-order chi connectivity index (χ1) is 5.70. The molecule has 0 spiro atoms. The van der Waals surface area contributed by atoms with Crippen LogP contribution in [0.4, 0.5) is 0 Å². The van der Waals surface area contributed by atoms with Crippen LogP contribution in [0.1, 0.15) is 39.5 Å². The number of allylic oxidation sites excluding steroid dienone is 2. The Balaban J connectivity index is 3.93. The molecular formula is C8H16O3P+. The highest BCUT2D eigenvalue weighted by Crippen LogP contribution is 2.23. The van der Waals surface area contributed by atoms with Crippen molar-refractivity contribution in [3.63, 3.8) is 0 Å². The van der Waals surface area contributed by atoms with Gasteiger partial charge < -0.3 is 0 Å². The Morgan fingerprint density at radius 3 is 2.58 bits per heavy atom. The average Bonchev–Trinajstić information content (AvgIpc) is 2.00. The summed E-state index contributed by atoms with van der Waals surface area (Å²) in [5, 5.41) is 0. The van der Waals surface area contributed by atoms with Gasteiger partial charge >= 0.3 is 8.25 Å². The summed E-state index contributed by atoms with van der Waals surface area (Å²) in [7, 11) is -2.49. The lowest BCUT2D eigenvalue weighted by molar-refractivity contribution is 0.338. The van der Waals surface area contributed by atoms with Crippen LogP contribution >= 0.6 is 8.25 Å². The van der Waals surface area contributed by atoms with E-state index in [0.29, 0.717) is 5.76 Å². The van der Waals surface area contributed by atoms with Crippen LogP contribution in [0.2, 0.25) is 0 Å². The Kier molecular flexibility index (Phi) is 7.02. The van der Waals surface area contributed by atoms with Gasteiger partial charge in [0, 0.05) is 11.0 Å². The van der Waals surface area contributed by atoms with Crippen molar-refractivity contribution in [2.24, 2.45) is 0 Å². The van der Waals surface area contributed by atoms with Gasteiger partial charge in [-0.15, -0.1) is 4.89 Å². The molecule has 0 aliphatic carbocycles. The molecule has 12 heavy (non-hydrogen) atoms. The third-order valence-corrected chi connectivity index (χ3v) is 1.74. The van der Waals surface area contributed by atoms with Crippen molar-refractivity contribution in [3.8, 4) is 0 Å². The van der Waals surface area contributed by atoms with Gasteiger partial charge in [0.05, 0.1) is 0 Å². The fraction of sp³-hybridized carbons (Fsp3) is 0.750. The third-order valence-electron chi connectivity index (χ3n) is 1.35. The Hall–Kier alpha value is -0.400. The van der Waals surface area contributed by atoms with Gasteiger partial charge in [0.1, 0.15) is 0 Å². The summed E-state index contributed by atoms with van der Waals surface area (Å²) in [6.07, 6.45) is 5.48. The van der Waals surface area contributed by atoms with Gasteiger partial charge in [0.15, 0.2) is 5.76 Å². The van der Waals surface area contributed by atoms with Gasteiger partial charge in [-0.05, 0) is 18.9 Å². The Labute approximate surface area is 74.4 Å². The van der Waals surface area contributed by atoms with Gasteiger partial charge in [0.2, 0.25) is 0 Å². The highest BCUT2D eigenvalue weighted by Gasteiger charge is 2.15. The average molecular weight is 191 g/mol. The summed E-state index contributed by atoms with van der Waals surface area (Å²) in [6, 6.07) is 0. The molecule has 70 valence electrons. The lowest BCUT2D eigenvalue weighted by Gasteiger charge is -1.95. The first kappa shape index (κ1) is 11.6. The molecule has 0 heterocycles. The second kappa shape index (κ2) is 7.26. The zero-order valence-electron chi connectivity index (χ0n) is 7.62. The number of unbranched alkanes of at least 4 members (excludes halogenated alkanes) is 1. The standard InChI is InChI=1S/C8H15O3P/c1-3-5-7-8(6-4-2)11-12(9)10/h7H,3-6H2,1-2H3/p+1. The van der Waals surface area contributed by atoms with Crippen molar-refractivity contribution in [2.45, 2.75) is 39.5 Å². The van der Waals surface area contributed by atoms with Crippen LogP contribution in [0, 0.1) is 0 Å². The van der Waals surface area contributed by atoms with Crippen molar-refractivity contribution < 1.29 is 14.0 Å². The summed E-state index contributed by atoms with van der Waals surface area (Å²) in [4.78, 5) is 8.49. The van der Waals surface area contributed by atoms with Crippen LogP contribution in [0.25, 0.3) is 0 Å². The van der Waals surface area contributed by atoms with Gasteiger partial charge in [-0.3, -0.25) is 0 Å². The van der Waals surface area contributed by atoms with Crippen LogP contribution in [0.3, 0.4) is 0 Å². The molecule has 0 fully saturated rings. The first-order valence-electron chi connectivity index (χ1n) is 4.23. The van der Waals surface area contributed by atoms with Gasteiger partial charge in [-0.1, -0.05) is 20.3 Å². The Morgan fingerprint density at radius 1 is 1.50 bits per heavy atom. The minimum atomic E-state index is -2.49. The third kappa shape index (κ3) is 6.32. The second-order valence-electron chi connectivity index (χ2n) is 2.54. The quantitative estimate of drug-likeness (QED) is 0.518. The molecule has 0 saturated heterocycles. The van der Waals surface area contributed by atoms with E-state index in [9.17, 15) is 4.57 Å². The maximum absolute atomic E-state index is 10.3. The van der Waals surface area contributed by atoms with Crippen molar-refractivity contribution in [3.05, 3.63) is 11.8 Å². The van der Waals surface area contributed by atoms with E-state index in [1.807, 2.05) is 13.0 Å². The van der Waals surface area contributed by atoms with E-state index in [-0.39, 0.29) is 0 Å². The molecule has 0 saturated carbocycles. The predicted octanol–water partition coefficient (Wildman–Crippen LogP) is 3.14. The van der Waals surface area contributed by atoms with Crippen LogP contribution < -0.4 is 0 Å². The molecule has 1 N–H and O–H groups in total. The summed E-state index contributed by atoms with van der Waals surface area (Å²) >= 11 is 0. The van der Waals surface area contributed by atoms with Crippen LogP contribution in [-0.4, -0.2) is 4.89 Å². The van der Waals surface area contributed by atoms with Crippen LogP contribution in [0.5, 0.6) is 0 Å². The van der Waals surface area contributed by atoms with Crippen molar-refractivity contribution in [1.29, 1.82) is 0 Å². The monoisotopic (exact) mass is 191 g/mol. The molecule has 4 heteroatoms. The van der Waals surface area contributed by atoms with Gasteiger partial charge in [-0.25, -0.2) is 4.52 Å². The van der Waals surface area contributed by atoms with Gasteiger partial charge in [-0.2, -0.15) is 0 Å². The number of hydrogen-bond donors (Lipinski definition) is 1. The summed E-state index contributed by atoms with van der Waals surface area (Å²) < 4.78 is 15.1. The van der Waals surface area contributed by atoms with Crippen molar-refractivity contribution >= 4 is 8.25 Å². The molecule has 0 rings (SSSR count). The molecule has 1 atom stereocenters. The van der Waals surface area contributed by atoms with E-state index in [1.54, 1.807) is 0 Å². The molecule has 3 nitrogen and oxygen atoms in total. The zero-order chi connectivity index (χ0) is 9.40. The summed E-state index contributed by atoms with van der Waals surface area (Å²) in [5.74, 6) is 0.642. The topological polar surface area (TPSA) is 46.5 Å². The highest BCUT2D eigenvalue weighted by atomic mass is 31.1. The SMILES string of the molecule is CCCC=C(CCC)O[P+](=O)O. The molecule has 0 aliphatic rings. The fourth-order valence-electron chi connectivity index (χ4n) is 0.837. The predicted molar refractivity (Wildman–Crippen MR) is 48.8 cm³/mol. The Morgan fingerprint density at radius 2 is 2.17 bits per heavy atom. The molecule has 0 bridgehead atoms. The fourth-order valence-corrected chi connectivity index (χ4v) is 1.20. The largest absolute Gasteiger partial charge is 0.747 e. The maximum Gasteiger partial charge on any atom is 0.747 e. The molecular weight excluding hydrogens is 175 g/mol. The second-order valence-corrected chi connectivity index (χ2v) is 3.20. The van der Waals surface area contributed by atoms with E-state index in [2.05, 4.69) is 6.92 Å². The molecule has 0 radical (unpaired) electrons. The Bertz CT molecular complexity index is 166. The lowest BCUT2D eigenvalue weighted by atomic mass is 10.2. The number of rotatable bonds is 6. The molecule has 0 aromatic rings. The van der Waals surface area contributed by atoms with E-state index < -0.39 is 8.25 Å². The van der Waals surface area contributed by atoms with E-state index in [4.69, 9.17) is 9.42 Å². The van der Waals surface area contributed by atoms with Gasteiger partial charge in [0.25, 0.3) is 0 Å². The normalized spacial score (nSPS) is 12.9. The van der Waals surface area contributed by atoms with Crippen molar-refractivity contribution in [1.82, 2.24) is 0 Å². The van der Waals surface area contributed by atoms with Crippen LogP contribution in [0.15, 0.2) is 11.8 Å². The summed E-state index contributed by atoms with van der Waals surface area (Å²) in [5.41, 5.74) is 0. The highest BCUT2D eigenvalue weighted by molar-refractivity contribution is 7.32. The molecule has 0 aliphatic heterocycles. The molecule has 1 unspecified atom stereocenters. The van der Waals surface area contributed by atoms with E-state index in [1.165, 1.54) is 0 Å². The van der Waals surface area contributed by atoms with E-state index in [0.717, 1.165) is 25.7 Å². The smallest absolute Gasteiger partial charge is 0.234 e. The molecule has 0 aromatic carbocycles. The minimum Gasteiger partial charge on any atom is -0.234 e. The maximum atomic E-state index is 10.3. The number of hydrogen-bond acceptors (Lipinski definition) is 2. The van der Waals surface area contributed by atoms with E-state index >= 15 is 0 Å². The summed E-state index contributed by atoms with van der Waals surface area (Å²) in [6.45, 7) is 4.06. The van der Waals surface area contributed by atoms with Crippen LogP contribution in [-0.2, 0) is 9.09 Å².